The summed E-state index contributed by atoms with van der Waals surface area (Å²) < 4.78 is 13.2. The van der Waals surface area contributed by atoms with Crippen molar-refractivity contribution >= 4 is 46.6 Å². The van der Waals surface area contributed by atoms with Gasteiger partial charge >= 0.3 is 11.8 Å². The number of hydrogen-bond donors (Lipinski definition) is 4. The molecule has 0 aromatic heterocycles. The van der Waals surface area contributed by atoms with Crippen molar-refractivity contribution in [2.45, 2.75) is 58.5 Å². The lowest BCUT2D eigenvalue weighted by molar-refractivity contribution is -0.138. The molecule has 0 bridgehead atoms. The average molecular weight is 481 g/mol. The summed E-state index contributed by atoms with van der Waals surface area (Å²) in [6.07, 6.45) is 1.20. The summed E-state index contributed by atoms with van der Waals surface area (Å²) in [6, 6.07) is 4.77. The molecule has 0 aliphatic heterocycles. The highest BCUT2D eigenvalue weighted by Crippen LogP contribution is 2.29. The molecule has 0 fully saturated rings. The number of benzene rings is 1. The van der Waals surface area contributed by atoms with E-state index in [4.69, 9.17) is 0 Å². The number of rotatable bonds is 9. The number of hydrogen-bond acceptors (Lipinski definition) is 6. The van der Waals surface area contributed by atoms with Gasteiger partial charge in [-0.05, 0) is 23.0 Å². The smallest absolute Gasteiger partial charge is 0.313 e. The highest BCUT2D eigenvalue weighted by molar-refractivity contribution is 7.82. The van der Waals surface area contributed by atoms with Crippen LogP contribution in [-0.4, -0.2) is 52.5 Å². The molecule has 4 N–H and O–H groups in total. The summed E-state index contributed by atoms with van der Waals surface area (Å²) in [5.74, 6) is -3.80. The van der Waals surface area contributed by atoms with Crippen molar-refractivity contribution in [2.75, 3.05) is 11.6 Å². The lowest BCUT2D eigenvalue weighted by Crippen LogP contribution is -2.54. The molecule has 0 radical (unpaired) electrons. The Morgan fingerprint density at radius 2 is 1.64 bits per heavy atom. The molecule has 3 atom stereocenters. The van der Waals surface area contributed by atoms with Gasteiger partial charge in [-0.2, -0.15) is 0 Å². The lowest BCUT2D eigenvalue weighted by atomic mass is 9.86. The van der Waals surface area contributed by atoms with Crippen LogP contribution in [0.4, 0.5) is 5.69 Å². The normalized spacial score (nSPS) is 13.9. The number of para-hydroxylation sites is 1. The lowest BCUT2D eigenvalue weighted by Gasteiger charge is -2.24. The Balaban J connectivity index is 2.87. The third-order valence-electron chi connectivity index (χ3n) is 4.58. The molecule has 11 heteroatoms. The molecule has 0 aliphatic carbocycles. The summed E-state index contributed by atoms with van der Waals surface area (Å²) in [7, 11) is -1.61. The number of carbonyl (C=O) groups is 5. The highest BCUT2D eigenvalue weighted by Gasteiger charge is 2.29. The molecular formula is C22H32N4O6S. The quantitative estimate of drug-likeness (QED) is 0.299. The number of amides is 4. The number of carbonyl (C=O) groups excluding carboxylic acids is 5. The minimum atomic E-state index is -1.61. The zero-order valence-electron chi connectivity index (χ0n) is 19.7. The molecule has 3 unspecified atom stereocenters. The maximum Gasteiger partial charge on any atom is 0.313 e. The van der Waals surface area contributed by atoms with Crippen LogP contribution in [0, 0.1) is 5.92 Å². The SMILES string of the molecule is CC(C)C(NC(=O)C(=O)Nc1ccccc1C(C)(C)C)C(=O)NC(C=O)CC(=O)NS(C)=O. The first kappa shape index (κ1) is 28.0. The van der Waals surface area contributed by atoms with E-state index in [9.17, 15) is 28.2 Å². The van der Waals surface area contributed by atoms with Gasteiger partial charge in [0, 0.05) is 11.9 Å². The van der Waals surface area contributed by atoms with E-state index in [1.54, 1.807) is 26.0 Å². The molecule has 10 nitrogen and oxygen atoms in total. The molecule has 1 aromatic rings. The van der Waals surface area contributed by atoms with Gasteiger partial charge in [0.1, 0.15) is 23.3 Å². The second-order valence-corrected chi connectivity index (χ2v) is 9.99. The van der Waals surface area contributed by atoms with Crippen molar-refractivity contribution in [3.05, 3.63) is 29.8 Å². The van der Waals surface area contributed by atoms with Crippen molar-refractivity contribution in [1.82, 2.24) is 15.4 Å². The Kier molecular flexibility index (Phi) is 10.4. The number of anilines is 1. The van der Waals surface area contributed by atoms with Gasteiger partial charge in [-0.3, -0.25) is 23.9 Å². The zero-order valence-corrected chi connectivity index (χ0v) is 20.5. The molecular weight excluding hydrogens is 448 g/mol. The van der Waals surface area contributed by atoms with E-state index in [0.717, 1.165) is 5.56 Å². The minimum Gasteiger partial charge on any atom is -0.344 e. The van der Waals surface area contributed by atoms with Crippen LogP contribution in [0.2, 0.25) is 0 Å². The second kappa shape index (κ2) is 12.2. The van der Waals surface area contributed by atoms with Gasteiger partial charge in [0.25, 0.3) is 0 Å². The van der Waals surface area contributed by atoms with Crippen LogP contribution < -0.4 is 20.7 Å². The van der Waals surface area contributed by atoms with Gasteiger partial charge in [-0.1, -0.05) is 52.8 Å². The van der Waals surface area contributed by atoms with Crippen LogP contribution in [0.3, 0.4) is 0 Å². The third kappa shape index (κ3) is 9.13. The summed E-state index contributed by atoms with van der Waals surface area (Å²) in [5.41, 5.74) is 1.04. The van der Waals surface area contributed by atoms with Crippen molar-refractivity contribution in [3.8, 4) is 0 Å². The first-order valence-electron chi connectivity index (χ1n) is 10.4. The molecule has 0 aliphatic rings. The maximum atomic E-state index is 12.7. The maximum absolute atomic E-state index is 12.7. The Morgan fingerprint density at radius 3 is 2.15 bits per heavy atom. The molecule has 0 spiro atoms. The Labute approximate surface area is 196 Å². The minimum absolute atomic E-state index is 0.277. The molecule has 4 amide bonds. The zero-order chi connectivity index (χ0) is 25.3. The summed E-state index contributed by atoms with van der Waals surface area (Å²) in [6.45, 7) is 9.22. The van der Waals surface area contributed by atoms with Crippen LogP contribution in [0.25, 0.3) is 0 Å². The van der Waals surface area contributed by atoms with Crippen molar-refractivity contribution < 1.29 is 28.2 Å². The van der Waals surface area contributed by atoms with Crippen molar-refractivity contribution in [1.29, 1.82) is 0 Å². The first-order chi connectivity index (χ1) is 15.3. The van der Waals surface area contributed by atoms with E-state index in [-0.39, 0.29) is 5.41 Å². The van der Waals surface area contributed by atoms with Gasteiger partial charge in [0.05, 0.1) is 12.5 Å². The molecule has 33 heavy (non-hydrogen) atoms. The van der Waals surface area contributed by atoms with E-state index >= 15 is 0 Å². The van der Waals surface area contributed by atoms with Crippen LogP contribution in [-0.2, 0) is 40.4 Å². The van der Waals surface area contributed by atoms with Gasteiger partial charge in [0.2, 0.25) is 11.8 Å². The van der Waals surface area contributed by atoms with Gasteiger partial charge in [-0.15, -0.1) is 0 Å². The van der Waals surface area contributed by atoms with E-state index in [0.29, 0.717) is 12.0 Å². The van der Waals surface area contributed by atoms with E-state index in [1.807, 2.05) is 32.9 Å². The summed E-state index contributed by atoms with van der Waals surface area (Å²) in [4.78, 5) is 60.7. The highest BCUT2D eigenvalue weighted by atomic mass is 32.2. The molecule has 0 saturated carbocycles. The Morgan fingerprint density at radius 1 is 1.03 bits per heavy atom. The molecule has 0 saturated heterocycles. The second-order valence-electron chi connectivity index (χ2n) is 8.88. The van der Waals surface area contributed by atoms with Gasteiger partial charge in [-0.25, -0.2) is 4.21 Å². The monoisotopic (exact) mass is 480 g/mol. The van der Waals surface area contributed by atoms with Crippen LogP contribution in [0.1, 0.15) is 46.6 Å². The predicted octanol–water partition coefficient (Wildman–Crippen LogP) is 0.547. The van der Waals surface area contributed by atoms with E-state index in [2.05, 4.69) is 20.7 Å². The van der Waals surface area contributed by atoms with E-state index in [1.165, 1.54) is 6.26 Å². The summed E-state index contributed by atoms with van der Waals surface area (Å²) >= 11 is 0. The number of aldehydes is 1. The molecule has 1 rings (SSSR count). The standard InChI is InChI=1S/C22H32N4O6S/c1-13(2)18(19(29)23-14(12-27)11-17(28)26-33(6)32)25-21(31)20(30)24-16-10-8-7-9-15(16)22(3,4)5/h7-10,12-14,18H,11H2,1-6H3,(H,23,29)(H,24,30)(H,25,31)(H,26,28). The fraction of sp³-hybridized carbons (Fsp3) is 0.500. The number of nitrogens with one attached hydrogen (secondary N) is 4. The van der Waals surface area contributed by atoms with Crippen LogP contribution in [0.15, 0.2) is 24.3 Å². The van der Waals surface area contributed by atoms with Crippen LogP contribution in [0.5, 0.6) is 0 Å². The van der Waals surface area contributed by atoms with Crippen molar-refractivity contribution in [2.24, 2.45) is 5.92 Å². The fourth-order valence-electron chi connectivity index (χ4n) is 2.97. The molecule has 182 valence electrons. The Bertz CT molecular complexity index is 926. The van der Waals surface area contributed by atoms with Crippen molar-refractivity contribution in [3.63, 3.8) is 0 Å². The predicted molar refractivity (Wildman–Crippen MR) is 125 cm³/mol. The average Bonchev–Trinajstić information content (AvgIpc) is 2.69. The molecule has 1 aromatic carbocycles. The molecule has 0 heterocycles. The first-order valence-corrected chi connectivity index (χ1v) is 11.9. The summed E-state index contributed by atoms with van der Waals surface area (Å²) in [5, 5.41) is 7.32. The Hall–Kier alpha value is -3.08. The topological polar surface area (TPSA) is 151 Å². The third-order valence-corrected chi connectivity index (χ3v) is 5.10. The van der Waals surface area contributed by atoms with Gasteiger partial charge in [0.15, 0.2) is 0 Å². The fourth-order valence-corrected chi connectivity index (χ4v) is 3.38. The largest absolute Gasteiger partial charge is 0.344 e. The van der Waals surface area contributed by atoms with E-state index < -0.39 is 59.0 Å². The van der Waals surface area contributed by atoms with Gasteiger partial charge < -0.3 is 20.7 Å². The van der Waals surface area contributed by atoms with Crippen LogP contribution >= 0.6 is 0 Å².